The van der Waals surface area contributed by atoms with Gasteiger partial charge in [0, 0.05) is 18.6 Å². The van der Waals surface area contributed by atoms with Crippen LogP contribution in [0.1, 0.15) is 10.4 Å². The van der Waals surface area contributed by atoms with Crippen LogP contribution in [0.2, 0.25) is 5.02 Å². The third-order valence-electron chi connectivity index (χ3n) is 2.21. The van der Waals surface area contributed by atoms with E-state index in [9.17, 15) is 4.79 Å². The third kappa shape index (κ3) is 1.70. The number of methoxy groups -OCH3 is 1. The van der Waals surface area contributed by atoms with Crippen LogP contribution in [-0.4, -0.2) is 22.9 Å². The Bertz CT molecular complexity index is 580. The zero-order valence-electron chi connectivity index (χ0n) is 8.62. The number of benzene rings is 1. The molecule has 4 nitrogen and oxygen atoms in total. The molecule has 0 saturated heterocycles. The van der Waals surface area contributed by atoms with E-state index in [-0.39, 0.29) is 0 Å². The Labute approximate surface area is 105 Å². The monoisotopic (exact) mass is 302 g/mol. The van der Waals surface area contributed by atoms with Gasteiger partial charge in [0.25, 0.3) is 0 Å². The number of carbonyl (C=O) groups is 1. The summed E-state index contributed by atoms with van der Waals surface area (Å²) < 4.78 is 6.88. The Morgan fingerprint density at radius 3 is 2.94 bits per heavy atom. The molecule has 0 fully saturated rings. The van der Waals surface area contributed by atoms with Crippen LogP contribution in [0.4, 0.5) is 0 Å². The summed E-state index contributed by atoms with van der Waals surface area (Å²) in [6.45, 7) is 0. The van der Waals surface area contributed by atoms with E-state index >= 15 is 0 Å². The van der Waals surface area contributed by atoms with Crippen LogP contribution in [-0.2, 0) is 11.8 Å². The number of fused-ring (bicyclic) bond motifs is 1. The first-order valence-electron chi connectivity index (χ1n) is 4.44. The maximum atomic E-state index is 11.7. The molecule has 84 valence electrons. The summed E-state index contributed by atoms with van der Waals surface area (Å²) >= 11 is 9.28. The van der Waals surface area contributed by atoms with Gasteiger partial charge in [-0.3, -0.25) is 4.68 Å². The zero-order chi connectivity index (χ0) is 11.9. The molecule has 0 unspecified atom stereocenters. The van der Waals surface area contributed by atoms with E-state index in [1.807, 2.05) is 0 Å². The lowest BCUT2D eigenvalue weighted by molar-refractivity contribution is 0.0602. The number of hydrogen-bond acceptors (Lipinski definition) is 3. The zero-order valence-corrected chi connectivity index (χ0v) is 11.0. The van der Waals surface area contributed by atoms with Crippen LogP contribution < -0.4 is 0 Å². The van der Waals surface area contributed by atoms with Gasteiger partial charge in [-0.25, -0.2) is 4.79 Å². The number of ether oxygens (including phenoxy) is 1. The number of hydrogen-bond donors (Lipinski definition) is 0. The summed E-state index contributed by atoms with van der Waals surface area (Å²) in [7, 11) is 3.11. The van der Waals surface area contributed by atoms with Crippen molar-refractivity contribution in [3.8, 4) is 0 Å². The quantitative estimate of drug-likeness (QED) is 0.761. The van der Waals surface area contributed by atoms with Gasteiger partial charge in [0.05, 0.1) is 27.7 Å². The van der Waals surface area contributed by atoms with Crippen molar-refractivity contribution in [3.05, 3.63) is 27.3 Å². The van der Waals surface area contributed by atoms with Gasteiger partial charge in [0.1, 0.15) is 0 Å². The molecule has 2 rings (SSSR count). The molecule has 0 aliphatic rings. The van der Waals surface area contributed by atoms with Gasteiger partial charge in [0.2, 0.25) is 0 Å². The fraction of sp³-hybridized carbons (Fsp3) is 0.200. The smallest absolute Gasteiger partial charge is 0.339 e. The highest BCUT2D eigenvalue weighted by Crippen LogP contribution is 2.33. The maximum Gasteiger partial charge on any atom is 0.339 e. The summed E-state index contributed by atoms with van der Waals surface area (Å²) in [5, 5.41) is 5.35. The maximum absolute atomic E-state index is 11.7. The second-order valence-electron chi connectivity index (χ2n) is 3.27. The van der Waals surface area contributed by atoms with Gasteiger partial charge in [0.15, 0.2) is 0 Å². The van der Waals surface area contributed by atoms with Crippen molar-refractivity contribution in [2.24, 2.45) is 7.05 Å². The summed E-state index contributed by atoms with van der Waals surface area (Å²) in [6.07, 6.45) is 1.75. The Kier molecular flexibility index (Phi) is 2.90. The second-order valence-corrected chi connectivity index (χ2v) is 4.47. The number of rotatable bonds is 1. The number of halogens is 2. The minimum atomic E-state index is -0.438. The van der Waals surface area contributed by atoms with E-state index in [0.717, 1.165) is 0 Å². The van der Waals surface area contributed by atoms with Gasteiger partial charge in [-0.2, -0.15) is 5.10 Å². The number of esters is 1. The largest absolute Gasteiger partial charge is 0.465 e. The molecule has 1 heterocycles. The molecular formula is C10H8BrClN2O2. The average Bonchev–Trinajstić information content (AvgIpc) is 2.59. The Morgan fingerprint density at radius 1 is 1.62 bits per heavy atom. The molecule has 6 heteroatoms. The molecule has 0 spiro atoms. The molecule has 0 atom stereocenters. The van der Waals surface area contributed by atoms with Crippen molar-refractivity contribution in [1.29, 1.82) is 0 Å². The van der Waals surface area contributed by atoms with Gasteiger partial charge in [-0.05, 0) is 22.0 Å². The van der Waals surface area contributed by atoms with Crippen molar-refractivity contribution in [3.63, 3.8) is 0 Å². The van der Waals surface area contributed by atoms with E-state index in [0.29, 0.717) is 26.0 Å². The topological polar surface area (TPSA) is 44.1 Å². The van der Waals surface area contributed by atoms with E-state index in [1.54, 1.807) is 24.0 Å². The fourth-order valence-electron chi connectivity index (χ4n) is 1.53. The van der Waals surface area contributed by atoms with Crippen LogP contribution >= 0.6 is 27.5 Å². The molecule has 0 amide bonds. The molecule has 0 aliphatic carbocycles. The van der Waals surface area contributed by atoms with Gasteiger partial charge in [-0.15, -0.1) is 0 Å². The van der Waals surface area contributed by atoms with Crippen LogP contribution in [0.15, 0.2) is 16.7 Å². The fourth-order valence-corrected chi connectivity index (χ4v) is 2.22. The van der Waals surface area contributed by atoms with Crippen molar-refractivity contribution in [2.45, 2.75) is 0 Å². The molecule has 0 bridgehead atoms. The standard InChI is InChI=1S/C10H8BrClN2O2/c1-14-4-5-7(13-14)3-6(12)9(11)8(5)10(15)16-2/h3-4H,1-2H3. The Morgan fingerprint density at radius 2 is 2.31 bits per heavy atom. The molecule has 1 aromatic heterocycles. The minimum Gasteiger partial charge on any atom is -0.465 e. The van der Waals surface area contributed by atoms with Crippen LogP contribution in [0, 0.1) is 0 Å². The summed E-state index contributed by atoms with van der Waals surface area (Å²) in [6, 6.07) is 1.70. The molecular weight excluding hydrogens is 295 g/mol. The lowest BCUT2D eigenvalue weighted by Gasteiger charge is -2.05. The number of nitrogens with zero attached hydrogens (tertiary/aromatic N) is 2. The molecule has 2 aromatic rings. The van der Waals surface area contributed by atoms with Crippen molar-refractivity contribution in [2.75, 3.05) is 7.11 Å². The average molecular weight is 304 g/mol. The van der Waals surface area contributed by atoms with Crippen LogP contribution in [0.5, 0.6) is 0 Å². The van der Waals surface area contributed by atoms with E-state index in [2.05, 4.69) is 21.0 Å². The number of aryl methyl sites for hydroxylation is 1. The highest BCUT2D eigenvalue weighted by molar-refractivity contribution is 9.10. The molecule has 0 radical (unpaired) electrons. The van der Waals surface area contributed by atoms with Gasteiger partial charge in [-0.1, -0.05) is 11.6 Å². The lowest BCUT2D eigenvalue weighted by atomic mass is 10.1. The predicted molar refractivity (Wildman–Crippen MR) is 64.8 cm³/mol. The summed E-state index contributed by atoms with van der Waals surface area (Å²) in [5.74, 6) is -0.438. The van der Waals surface area contributed by atoms with Crippen LogP contribution in [0.25, 0.3) is 10.9 Å². The number of carbonyl (C=O) groups excluding carboxylic acids is 1. The number of aromatic nitrogens is 2. The van der Waals surface area contributed by atoms with E-state index in [4.69, 9.17) is 16.3 Å². The van der Waals surface area contributed by atoms with Crippen molar-refractivity contribution >= 4 is 44.4 Å². The first kappa shape index (κ1) is 11.4. The third-order valence-corrected chi connectivity index (χ3v) is 3.56. The lowest BCUT2D eigenvalue weighted by Crippen LogP contribution is -2.03. The predicted octanol–water partition coefficient (Wildman–Crippen LogP) is 2.78. The van der Waals surface area contributed by atoms with E-state index in [1.165, 1.54) is 7.11 Å². The highest BCUT2D eigenvalue weighted by atomic mass is 79.9. The molecule has 1 aromatic carbocycles. The Balaban J connectivity index is 2.86. The SMILES string of the molecule is COC(=O)c1c(Br)c(Cl)cc2nn(C)cc12. The Hall–Kier alpha value is -1.07. The van der Waals surface area contributed by atoms with Gasteiger partial charge < -0.3 is 4.74 Å². The first-order valence-corrected chi connectivity index (χ1v) is 5.61. The molecule has 0 aliphatic heterocycles. The highest BCUT2D eigenvalue weighted by Gasteiger charge is 2.19. The van der Waals surface area contributed by atoms with E-state index < -0.39 is 5.97 Å². The first-order chi connectivity index (χ1) is 7.54. The molecule has 0 N–H and O–H groups in total. The molecule has 16 heavy (non-hydrogen) atoms. The summed E-state index contributed by atoms with van der Waals surface area (Å²) in [5.41, 5.74) is 1.06. The van der Waals surface area contributed by atoms with Crippen molar-refractivity contribution < 1.29 is 9.53 Å². The second kappa shape index (κ2) is 4.07. The minimum absolute atomic E-state index is 0.401. The van der Waals surface area contributed by atoms with Gasteiger partial charge >= 0.3 is 5.97 Å². The van der Waals surface area contributed by atoms with Crippen molar-refractivity contribution in [1.82, 2.24) is 9.78 Å². The van der Waals surface area contributed by atoms with Crippen LogP contribution in [0.3, 0.4) is 0 Å². The summed E-state index contributed by atoms with van der Waals surface area (Å²) in [4.78, 5) is 11.7. The normalized spacial score (nSPS) is 10.8. The molecule has 0 saturated carbocycles.